The summed E-state index contributed by atoms with van der Waals surface area (Å²) in [6, 6.07) is 21.2. The first-order valence-electron chi connectivity index (χ1n) is 10.2. The lowest BCUT2D eigenvalue weighted by Crippen LogP contribution is -2.34. The lowest BCUT2D eigenvalue weighted by molar-refractivity contribution is -0.625. The highest BCUT2D eigenvalue weighted by molar-refractivity contribution is 7.99. The minimum absolute atomic E-state index is 0.0828. The molecule has 10 heteroatoms. The predicted molar refractivity (Wildman–Crippen MR) is 129 cm³/mol. The SMILES string of the molecule is COc1ccc(-c2[nH]nc(SCC(=O)N/N=C/c3cccc([O-])c3)[n+]2-c2ccc(Cl)cc2)cc1. The van der Waals surface area contributed by atoms with E-state index in [1.807, 2.05) is 41.0 Å². The van der Waals surface area contributed by atoms with Crippen LogP contribution < -0.4 is 19.8 Å². The molecule has 0 saturated heterocycles. The van der Waals surface area contributed by atoms with Crippen LogP contribution in [0.25, 0.3) is 17.1 Å². The fraction of sp³-hybridized carbons (Fsp3) is 0.0833. The Morgan fingerprint density at radius 2 is 1.97 bits per heavy atom. The molecular formula is C24H20ClN5O3S. The number of aromatic amines is 1. The fourth-order valence-electron chi connectivity index (χ4n) is 3.10. The summed E-state index contributed by atoms with van der Waals surface area (Å²) in [6.07, 6.45) is 1.42. The average Bonchev–Trinajstić information content (AvgIpc) is 3.27. The first kappa shape index (κ1) is 23.3. The van der Waals surface area contributed by atoms with Gasteiger partial charge < -0.3 is 9.84 Å². The van der Waals surface area contributed by atoms with Crippen molar-refractivity contribution in [2.75, 3.05) is 12.9 Å². The molecule has 1 aromatic heterocycles. The van der Waals surface area contributed by atoms with Gasteiger partial charge in [0.05, 0.1) is 29.7 Å². The molecule has 172 valence electrons. The molecule has 0 unspecified atom stereocenters. The second kappa shape index (κ2) is 10.9. The lowest BCUT2D eigenvalue weighted by atomic mass is 10.2. The molecule has 0 radical (unpaired) electrons. The van der Waals surface area contributed by atoms with Crippen molar-refractivity contribution in [2.45, 2.75) is 5.16 Å². The number of aromatic nitrogens is 3. The Kier molecular flexibility index (Phi) is 7.46. The van der Waals surface area contributed by atoms with Crippen molar-refractivity contribution in [3.05, 3.63) is 83.4 Å². The van der Waals surface area contributed by atoms with Crippen molar-refractivity contribution in [1.29, 1.82) is 0 Å². The highest BCUT2D eigenvalue weighted by Crippen LogP contribution is 2.23. The average molecular weight is 494 g/mol. The molecule has 0 spiro atoms. The van der Waals surface area contributed by atoms with E-state index in [0.717, 1.165) is 22.8 Å². The lowest BCUT2D eigenvalue weighted by Gasteiger charge is -2.05. The number of methoxy groups -OCH3 is 1. The summed E-state index contributed by atoms with van der Waals surface area (Å²) in [7, 11) is 1.61. The standard InChI is InChI=1S/C24H20ClN5O3S/c1-33-21-11-5-17(6-12-21)23-28-29-24(30(23)19-9-7-18(25)8-10-19)34-15-22(32)27-26-14-16-3-2-4-20(31)13-16/h2-14H,15H2,1H3,(H2,27,31,32)/b26-14+. The van der Waals surface area contributed by atoms with Crippen LogP contribution in [0.4, 0.5) is 0 Å². The van der Waals surface area contributed by atoms with E-state index in [9.17, 15) is 9.90 Å². The van der Waals surface area contributed by atoms with Gasteiger partial charge in [-0.1, -0.05) is 35.9 Å². The summed E-state index contributed by atoms with van der Waals surface area (Å²) < 4.78 is 7.16. The smallest absolute Gasteiger partial charge is 0.342 e. The molecule has 0 aliphatic carbocycles. The van der Waals surface area contributed by atoms with Crippen molar-refractivity contribution in [3.8, 4) is 28.6 Å². The van der Waals surface area contributed by atoms with Crippen molar-refractivity contribution >= 4 is 35.5 Å². The number of benzene rings is 3. The largest absolute Gasteiger partial charge is 0.872 e. The first-order chi connectivity index (χ1) is 16.5. The molecule has 0 bridgehead atoms. The Labute approximate surface area is 205 Å². The maximum atomic E-state index is 12.3. The molecule has 3 aromatic carbocycles. The predicted octanol–water partition coefficient (Wildman–Crippen LogP) is 3.33. The normalized spacial score (nSPS) is 11.0. The molecule has 1 amide bonds. The number of amides is 1. The zero-order valence-corrected chi connectivity index (χ0v) is 19.6. The third kappa shape index (κ3) is 5.75. The molecule has 1 heterocycles. The maximum absolute atomic E-state index is 12.3. The van der Waals surface area contributed by atoms with E-state index in [2.05, 4.69) is 20.7 Å². The Morgan fingerprint density at radius 1 is 1.21 bits per heavy atom. The van der Waals surface area contributed by atoms with Crippen molar-refractivity contribution in [2.24, 2.45) is 5.10 Å². The van der Waals surface area contributed by atoms with E-state index in [1.165, 1.54) is 30.1 Å². The fourth-order valence-corrected chi connectivity index (χ4v) is 3.99. The van der Waals surface area contributed by atoms with Crippen LogP contribution in [0.3, 0.4) is 0 Å². The van der Waals surface area contributed by atoms with Crippen LogP contribution in [-0.2, 0) is 4.79 Å². The van der Waals surface area contributed by atoms with Crippen molar-refractivity contribution in [1.82, 2.24) is 15.6 Å². The number of nitrogens with zero attached hydrogens (tertiary/aromatic N) is 3. The van der Waals surface area contributed by atoms with Gasteiger partial charge in [-0.05, 0) is 65.9 Å². The number of thioether (sulfide) groups is 1. The zero-order valence-electron chi connectivity index (χ0n) is 18.1. The van der Waals surface area contributed by atoms with Gasteiger partial charge in [-0.3, -0.25) is 4.79 Å². The van der Waals surface area contributed by atoms with Gasteiger partial charge in [0.25, 0.3) is 11.7 Å². The van der Waals surface area contributed by atoms with Gasteiger partial charge >= 0.3 is 5.16 Å². The molecule has 34 heavy (non-hydrogen) atoms. The molecule has 0 saturated carbocycles. The molecule has 0 aliphatic heterocycles. The summed E-state index contributed by atoms with van der Waals surface area (Å²) in [4.78, 5) is 12.3. The van der Waals surface area contributed by atoms with Crippen molar-refractivity contribution < 1.29 is 19.2 Å². The van der Waals surface area contributed by atoms with E-state index in [1.54, 1.807) is 31.4 Å². The maximum Gasteiger partial charge on any atom is 0.342 e. The number of carbonyl (C=O) groups excluding carboxylic acids is 1. The monoisotopic (exact) mass is 493 g/mol. The second-order valence-electron chi connectivity index (χ2n) is 7.05. The summed E-state index contributed by atoms with van der Waals surface area (Å²) in [6.45, 7) is 0. The Morgan fingerprint density at radius 3 is 2.68 bits per heavy atom. The van der Waals surface area contributed by atoms with Gasteiger partial charge in [-0.2, -0.15) is 9.67 Å². The highest BCUT2D eigenvalue weighted by Gasteiger charge is 2.24. The van der Waals surface area contributed by atoms with Gasteiger partial charge in [-0.15, -0.1) is 10.8 Å². The summed E-state index contributed by atoms with van der Waals surface area (Å²) in [5, 5.41) is 24.0. The number of carbonyl (C=O) groups is 1. The number of halogens is 1. The third-order valence-electron chi connectivity index (χ3n) is 4.71. The van der Waals surface area contributed by atoms with Crippen LogP contribution in [-0.4, -0.2) is 35.2 Å². The second-order valence-corrected chi connectivity index (χ2v) is 8.43. The molecule has 0 aliphatic rings. The van der Waals surface area contributed by atoms with Crippen LogP contribution >= 0.6 is 23.4 Å². The molecular weight excluding hydrogens is 474 g/mol. The van der Waals surface area contributed by atoms with Gasteiger partial charge in [-0.25, -0.2) is 5.43 Å². The van der Waals surface area contributed by atoms with Crippen LogP contribution in [0, 0.1) is 0 Å². The Hall–Kier alpha value is -3.82. The topological polar surface area (TPSA) is 106 Å². The van der Waals surface area contributed by atoms with Crippen molar-refractivity contribution in [3.63, 3.8) is 0 Å². The minimum atomic E-state index is -0.309. The van der Waals surface area contributed by atoms with Gasteiger partial charge in [0.2, 0.25) is 0 Å². The quantitative estimate of drug-likeness (QED) is 0.169. The van der Waals surface area contributed by atoms with Gasteiger partial charge in [0.15, 0.2) is 0 Å². The number of hydrazone groups is 1. The Bertz CT molecular complexity index is 1310. The summed E-state index contributed by atoms with van der Waals surface area (Å²) >= 11 is 7.32. The van der Waals surface area contributed by atoms with E-state index in [-0.39, 0.29) is 17.4 Å². The Balaban J connectivity index is 1.52. The summed E-state index contributed by atoms with van der Waals surface area (Å²) in [5.74, 6) is 1.14. The zero-order chi connectivity index (χ0) is 23.9. The van der Waals surface area contributed by atoms with E-state index < -0.39 is 0 Å². The number of H-pyrrole nitrogens is 1. The first-order valence-corrected chi connectivity index (χ1v) is 11.5. The van der Waals surface area contributed by atoms with E-state index >= 15 is 0 Å². The number of hydrogen-bond acceptors (Lipinski definition) is 6. The van der Waals surface area contributed by atoms with Gasteiger partial charge in [0.1, 0.15) is 11.4 Å². The number of nitrogens with one attached hydrogen (secondary N) is 2. The minimum Gasteiger partial charge on any atom is -0.872 e. The third-order valence-corrected chi connectivity index (χ3v) is 5.90. The molecule has 4 aromatic rings. The van der Waals surface area contributed by atoms with Gasteiger partial charge in [0, 0.05) is 5.02 Å². The molecule has 4 rings (SSSR count). The van der Waals surface area contributed by atoms with Crippen LogP contribution in [0.15, 0.2) is 83.1 Å². The summed E-state index contributed by atoms with van der Waals surface area (Å²) in [5.41, 5.74) is 4.81. The molecule has 0 fully saturated rings. The molecule has 0 atom stereocenters. The van der Waals surface area contributed by atoms with E-state index in [0.29, 0.717) is 15.7 Å². The number of ether oxygens (including phenoxy) is 1. The molecule has 2 N–H and O–H groups in total. The highest BCUT2D eigenvalue weighted by atomic mass is 35.5. The van der Waals surface area contributed by atoms with Crippen LogP contribution in [0.1, 0.15) is 5.56 Å². The van der Waals surface area contributed by atoms with Crippen LogP contribution in [0.2, 0.25) is 5.02 Å². The van der Waals surface area contributed by atoms with E-state index in [4.69, 9.17) is 16.3 Å². The molecule has 8 nitrogen and oxygen atoms in total. The number of rotatable bonds is 8. The number of hydrogen-bond donors (Lipinski definition) is 2. The van der Waals surface area contributed by atoms with Crippen LogP contribution in [0.5, 0.6) is 11.5 Å².